The van der Waals surface area contributed by atoms with Crippen molar-refractivity contribution in [1.29, 1.82) is 0 Å². The molecule has 0 heterocycles. The third kappa shape index (κ3) is 3.62. The molecule has 0 aliphatic heterocycles. The number of rotatable bonds is 2. The van der Waals surface area contributed by atoms with E-state index in [0.717, 1.165) is 0 Å². The van der Waals surface area contributed by atoms with E-state index in [2.05, 4.69) is 0 Å². The molecular formula is C7H12O. The van der Waals surface area contributed by atoms with Gasteiger partial charge in [0.05, 0.1) is 6.10 Å². The third-order valence-corrected chi connectivity index (χ3v) is 0.779. The summed E-state index contributed by atoms with van der Waals surface area (Å²) in [5.41, 5.74) is 0. The fourth-order valence-electron chi connectivity index (χ4n) is 0.459. The molecule has 0 aromatic rings. The van der Waals surface area contributed by atoms with E-state index in [1.54, 1.807) is 12.2 Å². The number of aliphatic hydroxyl groups excluding tert-OH is 1. The average molecular weight is 112 g/mol. The van der Waals surface area contributed by atoms with Crippen molar-refractivity contribution in [2.45, 2.75) is 20.0 Å². The van der Waals surface area contributed by atoms with Gasteiger partial charge in [-0.1, -0.05) is 24.3 Å². The zero-order chi connectivity index (χ0) is 6.41. The van der Waals surface area contributed by atoms with Crippen molar-refractivity contribution >= 4 is 0 Å². The lowest BCUT2D eigenvalue weighted by molar-refractivity contribution is 0.271. The number of allylic oxidation sites excluding steroid dienone is 2. The van der Waals surface area contributed by atoms with Crippen LogP contribution in [-0.2, 0) is 0 Å². The van der Waals surface area contributed by atoms with Crippen LogP contribution in [0.1, 0.15) is 13.8 Å². The summed E-state index contributed by atoms with van der Waals surface area (Å²) in [4.78, 5) is 0. The second kappa shape index (κ2) is 4.60. The molecule has 0 unspecified atom stereocenters. The van der Waals surface area contributed by atoms with Crippen molar-refractivity contribution in [3.63, 3.8) is 0 Å². The van der Waals surface area contributed by atoms with Crippen LogP contribution in [0.2, 0.25) is 0 Å². The van der Waals surface area contributed by atoms with E-state index in [1.165, 1.54) is 0 Å². The first-order valence-electron chi connectivity index (χ1n) is 2.75. The Labute approximate surface area is 50.3 Å². The Bertz CT molecular complexity index is 80.6. The summed E-state index contributed by atoms with van der Waals surface area (Å²) in [5, 5.41) is 8.88. The van der Waals surface area contributed by atoms with Gasteiger partial charge >= 0.3 is 0 Å². The van der Waals surface area contributed by atoms with Crippen LogP contribution in [0.25, 0.3) is 0 Å². The van der Waals surface area contributed by atoms with E-state index in [9.17, 15) is 0 Å². The molecular weight excluding hydrogens is 100 g/mol. The summed E-state index contributed by atoms with van der Waals surface area (Å²) >= 11 is 0. The molecule has 0 atom stereocenters. The quantitative estimate of drug-likeness (QED) is 0.537. The smallest absolute Gasteiger partial charge is 0.0902 e. The topological polar surface area (TPSA) is 20.2 Å². The number of hydrogen-bond acceptors (Lipinski definition) is 1. The van der Waals surface area contributed by atoms with Crippen LogP contribution >= 0.6 is 0 Å². The predicted molar refractivity (Wildman–Crippen MR) is 35.6 cm³/mol. The molecule has 1 nitrogen and oxygen atoms in total. The van der Waals surface area contributed by atoms with E-state index >= 15 is 0 Å². The van der Waals surface area contributed by atoms with Crippen LogP contribution in [-0.4, -0.2) is 11.2 Å². The average Bonchev–Trinajstić information content (AvgIpc) is 1.68. The molecule has 8 heavy (non-hydrogen) atoms. The molecule has 0 spiro atoms. The minimum absolute atomic E-state index is 0.398. The molecule has 0 saturated heterocycles. The van der Waals surface area contributed by atoms with Gasteiger partial charge < -0.3 is 5.11 Å². The Morgan fingerprint density at radius 2 is 1.50 bits per heavy atom. The van der Waals surface area contributed by atoms with Crippen LogP contribution in [0, 0.1) is 0 Å². The summed E-state index contributed by atoms with van der Waals surface area (Å²) < 4.78 is 0. The first-order chi connectivity index (χ1) is 3.81. The molecule has 0 radical (unpaired) electrons. The standard InChI is InChI=1S/C7H12O/c1-3-5-7(8)6-4-2/h3-8H,1-2H3/b5-3+,6-4+. The molecule has 0 bridgehead atoms. The second-order valence-corrected chi connectivity index (χ2v) is 1.54. The van der Waals surface area contributed by atoms with Gasteiger partial charge in [-0.2, -0.15) is 0 Å². The maximum Gasteiger partial charge on any atom is 0.0902 e. The van der Waals surface area contributed by atoms with Gasteiger partial charge in [-0.25, -0.2) is 0 Å². The van der Waals surface area contributed by atoms with Crippen molar-refractivity contribution in [3.05, 3.63) is 24.3 Å². The van der Waals surface area contributed by atoms with Gasteiger partial charge in [-0.05, 0) is 13.8 Å². The van der Waals surface area contributed by atoms with Crippen LogP contribution in [0.15, 0.2) is 24.3 Å². The summed E-state index contributed by atoms with van der Waals surface area (Å²) in [6.45, 7) is 3.76. The van der Waals surface area contributed by atoms with Crippen LogP contribution in [0.4, 0.5) is 0 Å². The van der Waals surface area contributed by atoms with Crippen molar-refractivity contribution in [1.82, 2.24) is 0 Å². The fraction of sp³-hybridized carbons (Fsp3) is 0.429. The SMILES string of the molecule is C/C=C/C(O)/C=C/C. The maximum atomic E-state index is 8.88. The Balaban J connectivity index is 3.47. The summed E-state index contributed by atoms with van der Waals surface area (Å²) in [6.07, 6.45) is 6.69. The predicted octanol–water partition coefficient (Wildman–Crippen LogP) is 1.50. The Kier molecular flexibility index (Phi) is 4.27. The van der Waals surface area contributed by atoms with Gasteiger partial charge in [0.15, 0.2) is 0 Å². The molecule has 1 N–H and O–H groups in total. The second-order valence-electron chi connectivity index (χ2n) is 1.54. The van der Waals surface area contributed by atoms with Crippen LogP contribution < -0.4 is 0 Å². The molecule has 0 aromatic heterocycles. The van der Waals surface area contributed by atoms with E-state index in [4.69, 9.17) is 5.11 Å². The molecule has 0 aromatic carbocycles. The number of aliphatic hydroxyl groups is 1. The highest BCUT2D eigenvalue weighted by Gasteiger charge is 1.84. The largest absolute Gasteiger partial charge is 0.385 e. The third-order valence-electron chi connectivity index (χ3n) is 0.779. The molecule has 0 rings (SSSR count). The van der Waals surface area contributed by atoms with Gasteiger partial charge in [0, 0.05) is 0 Å². The lowest BCUT2D eigenvalue weighted by atomic mass is 10.3. The molecule has 0 saturated carbocycles. The Morgan fingerprint density at radius 3 is 1.75 bits per heavy atom. The molecule has 0 aliphatic rings. The summed E-state index contributed by atoms with van der Waals surface area (Å²) in [5.74, 6) is 0. The minimum atomic E-state index is -0.398. The fourth-order valence-corrected chi connectivity index (χ4v) is 0.459. The van der Waals surface area contributed by atoms with E-state index in [-0.39, 0.29) is 0 Å². The van der Waals surface area contributed by atoms with Gasteiger partial charge in [-0.15, -0.1) is 0 Å². The first kappa shape index (κ1) is 7.44. The summed E-state index contributed by atoms with van der Waals surface area (Å²) in [6, 6.07) is 0. The van der Waals surface area contributed by atoms with E-state index < -0.39 is 6.10 Å². The Morgan fingerprint density at radius 1 is 1.12 bits per heavy atom. The zero-order valence-electron chi connectivity index (χ0n) is 5.33. The highest BCUT2D eigenvalue weighted by Crippen LogP contribution is 1.86. The molecule has 1 heteroatoms. The van der Waals surface area contributed by atoms with E-state index in [1.807, 2.05) is 26.0 Å². The highest BCUT2D eigenvalue weighted by atomic mass is 16.3. The zero-order valence-corrected chi connectivity index (χ0v) is 5.33. The lowest BCUT2D eigenvalue weighted by Crippen LogP contribution is -1.93. The lowest BCUT2D eigenvalue weighted by Gasteiger charge is -1.92. The number of hydrogen-bond donors (Lipinski definition) is 1. The highest BCUT2D eigenvalue weighted by molar-refractivity contribution is 4.98. The Hall–Kier alpha value is -0.560. The van der Waals surface area contributed by atoms with Gasteiger partial charge in [0.25, 0.3) is 0 Å². The molecule has 46 valence electrons. The first-order valence-corrected chi connectivity index (χ1v) is 2.75. The molecule has 0 amide bonds. The van der Waals surface area contributed by atoms with Crippen molar-refractivity contribution in [2.75, 3.05) is 0 Å². The maximum absolute atomic E-state index is 8.88. The van der Waals surface area contributed by atoms with E-state index in [0.29, 0.717) is 0 Å². The summed E-state index contributed by atoms with van der Waals surface area (Å²) in [7, 11) is 0. The van der Waals surface area contributed by atoms with Gasteiger partial charge in [-0.3, -0.25) is 0 Å². The van der Waals surface area contributed by atoms with Crippen LogP contribution in [0.5, 0.6) is 0 Å². The molecule has 0 fully saturated rings. The molecule has 0 aliphatic carbocycles. The van der Waals surface area contributed by atoms with Crippen molar-refractivity contribution < 1.29 is 5.11 Å². The normalized spacial score (nSPS) is 12.5. The van der Waals surface area contributed by atoms with Crippen molar-refractivity contribution in [2.24, 2.45) is 0 Å². The van der Waals surface area contributed by atoms with Gasteiger partial charge in [0.2, 0.25) is 0 Å². The van der Waals surface area contributed by atoms with Crippen molar-refractivity contribution in [3.8, 4) is 0 Å². The monoisotopic (exact) mass is 112 g/mol. The van der Waals surface area contributed by atoms with Crippen LogP contribution in [0.3, 0.4) is 0 Å². The van der Waals surface area contributed by atoms with Gasteiger partial charge in [0.1, 0.15) is 0 Å². The minimum Gasteiger partial charge on any atom is -0.385 e.